The molecule has 1 fully saturated rings. The molecule has 1 aromatic rings. The van der Waals surface area contributed by atoms with Crippen molar-refractivity contribution in [1.29, 1.82) is 0 Å². The first-order valence-corrected chi connectivity index (χ1v) is 8.38. The van der Waals surface area contributed by atoms with Crippen LogP contribution in [0.25, 0.3) is 0 Å². The van der Waals surface area contributed by atoms with Gasteiger partial charge >= 0.3 is 0 Å². The van der Waals surface area contributed by atoms with E-state index in [9.17, 15) is 23.7 Å². The third-order valence-electron chi connectivity index (χ3n) is 3.71. The Hall–Kier alpha value is -0.970. The van der Waals surface area contributed by atoms with Crippen LogP contribution in [0.3, 0.4) is 0 Å². The minimum Gasteiger partial charge on any atom is -0.465 e. The van der Waals surface area contributed by atoms with Gasteiger partial charge in [0.15, 0.2) is 0 Å². The number of hydrogen-bond donors (Lipinski definition) is 4. The predicted octanol–water partition coefficient (Wildman–Crippen LogP) is -0.955. The molecular formula is C13H21NO7S. The van der Waals surface area contributed by atoms with Gasteiger partial charge in [-0.05, 0) is 26.8 Å². The van der Waals surface area contributed by atoms with Crippen LogP contribution in [0.5, 0.6) is 0 Å². The molecule has 1 aliphatic rings. The normalized spacial score (nSPS) is 33.1. The topological polar surface area (TPSA) is 129 Å². The zero-order chi connectivity index (χ0) is 16.7. The van der Waals surface area contributed by atoms with Crippen LogP contribution in [0.1, 0.15) is 18.4 Å². The van der Waals surface area contributed by atoms with Crippen molar-refractivity contribution in [3.63, 3.8) is 0 Å². The smallest absolute Gasteiger partial charge is 0.244 e. The maximum absolute atomic E-state index is 12.2. The molecular weight excluding hydrogens is 314 g/mol. The fourth-order valence-electron chi connectivity index (χ4n) is 2.45. The zero-order valence-corrected chi connectivity index (χ0v) is 13.4. The molecule has 0 bridgehead atoms. The first-order valence-electron chi connectivity index (χ1n) is 6.90. The van der Waals surface area contributed by atoms with E-state index < -0.39 is 40.5 Å². The highest BCUT2D eigenvalue weighted by Crippen LogP contribution is 2.22. The molecule has 2 heterocycles. The summed E-state index contributed by atoms with van der Waals surface area (Å²) in [5, 5.41) is 29.2. The van der Waals surface area contributed by atoms with Crippen LogP contribution in [-0.4, -0.2) is 60.8 Å². The molecule has 0 aliphatic carbocycles. The van der Waals surface area contributed by atoms with Crippen molar-refractivity contribution in [2.24, 2.45) is 0 Å². The minimum absolute atomic E-state index is 0.0175. The lowest BCUT2D eigenvalue weighted by Gasteiger charge is -2.39. The van der Waals surface area contributed by atoms with Crippen LogP contribution in [-0.2, 0) is 14.8 Å². The highest BCUT2D eigenvalue weighted by atomic mass is 32.2. The predicted molar refractivity (Wildman–Crippen MR) is 75.7 cm³/mol. The molecule has 2 rings (SSSR count). The van der Waals surface area contributed by atoms with Crippen molar-refractivity contribution >= 4 is 10.0 Å². The summed E-state index contributed by atoms with van der Waals surface area (Å²) < 4.78 is 37.3. The van der Waals surface area contributed by atoms with Crippen LogP contribution in [0.4, 0.5) is 0 Å². The van der Waals surface area contributed by atoms with Gasteiger partial charge in [0, 0.05) is 6.54 Å². The van der Waals surface area contributed by atoms with Crippen molar-refractivity contribution in [2.45, 2.75) is 56.2 Å². The van der Waals surface area contributed by atoms with Crippen LogP contribution in [0, 0.1) is 13.8 Å². The van der Waals surface area contributed by atoms with Gasteiger partial charge in [0.1, 0.15) is 40.8 Å². The largest absolute Gasteiger partial charge is 0.465 e. The van der Waals surface area contributed by atoms with E-state index in [0.717, 1.165) is 0 Å². The molecule has 0 saturated carbocycles. The third-order valence-corrected chi connectivity index (χ3v) is 5.24. The van der Waals surface area contributed by atoms with Gasteiger partial charge in [0.2, 0.25) is 10.0 Å². The molecule has 5 atom stereocenters. The van der Waals surface area contributed by atoms with Crippen LogP contribution >= 0.6 is 0 Å². The van der Waals surface area contributed by atoms with E-state index >= 15 is 0 Å². The average Bonchev–Trinajstić information content (AvgIpc) is 2.79. The van der Waals surface area contributed by atoms with Gasteiger partial charge in [0.05, 0.1) is 6.10 Å². The van der Waals surface area contributed by atoms with Gasteiger partial charge in [-0.3, -0.25) is 0 Å². The Morgan fingerprint density at radius 3 is 2.36 bits per heavy atom. The Bertz CT molecular complexity index is 626. The van der Waals surface area contributed by atoms with E-state index in [-0.39, 0.29) is 17.2 Å². The third kappa shape index (κ3) is 3.34. The first kappa shape index (κ1) is 17.4. The van der Waals surface area contributed by atoms with E-state index in [0.29, 0.717) is 5.76 Å². The fraction of sp³-hybridized carbons (Fsp3) is 0.692. The Labute approximate surface area is 128 Å². The Morgan fingerprint density at radius 1 is 1.18 bits per heavy atom. The molecule has 9 heteroatoms. The van der Waals surface area contributed by atoms with Gasteiger partial charge < -0.3 is 24.5 Å². The Balaban J connectivity index is 2.07. The summed E-state index contributed by atoms with van der Waals surface area (Å²) in [6.07, 6.45) is -5.68. The molecule has 22 heavy (non-hydrogen) atoms. The highest BCUT2D eigenvalue weighted by molar-refractivity contribution is 7.89. The second kappa shape index (κ2) is 6.26. The number of ether oxygens (including phenoxy) is 1. The highest BCUT2D eigenvalue weighted by Gasteiger charge is 2.42. The van der Waals surface area contributed by atoms with Crippen molar-refractivity contribution in [2.75, 3.05) is 6.54 Å². The van der Waals surface area contributed by atoms with Crippen LogP contribution in [0.2, 0.25) is 0 Å². The summed E-state index contributed by atoms with van der Waals surface area (Å²) in [7, 11) is -3.82. The van der Waals surface area contributed by atoms with Crippen LogP contribution in [0.15, 0.2) is 15.4 Å². The lowest BCUT2D eigenvalue weighted by molar-refractivity contribution is -0.214. The second-order valence-electron chi connectivity index (χ2n) is 5.48. The zero-order valence-electron chi connectivity index (χ0n) is 12.6. The van der Waals surface area contributed by atoms with Gasteiger partial charge in [-0.15, -0.1) is 0 Å². The van der Waals surface area contributed by atoms with Gasteiger partial charge in [-0.2, -0.15) is 0 Å². The quantitative estimate of drug-likeness (QED) is 0.558. The van der Waals surface area contributed by atoms with Crippen molar-refractivity contribution in [1.82, 2.24) is 4.72 Å². The van der Waals surface area contributed by atoms with Crippen molar-refractivity contribution < 1.29 is 32.9 Å². The maximum Gasteiger partial charge on any atom is 0.244 e. The monoisotopic (exact) mass is 335 g/mol. The molecule has 0 aromatic carbocycles. The molecule has 1 aromatic heterocycles. The van der Waals surface area contributed by atoms with Gasteiger partial charge in [0.25, 0.3) is 0 Å². The lowest BCUT2D eigenvalue weighted by Crippen LogP contribution is -2.59. The lowest BCUT2D eigenvalue weighted by atomic mass is 9.96. The molecule has 4 N–H and O–H groups in total. The molecule has 1 aliphatic heterocycles. The van der Waals surface area contributed by atoms with E-state index in [1.807, 2.05) is 0 Å². The maximum atomic E-state index is 12.2. The summed E-state index contributed by atoms with van der Waals surface area (Å²) in [6, 6.07) is 1.40. The number of aryl methyl sites for hydroxylation is 2. The molecule has 126 valence electrons. The van der Waals surface area contributed by atoms with Crippen molar-refractivity contribution in [3.05, 3.63) is 17.6 Å². The average molecular weight is 335 g/mol. The number of nitrogens with one attached hydrogen (secondary N) is 1. The summed E-state index contributed by atoms with van der Waals surface area (Å²) in [4.78, 5) is 0.0175. The number of rotatable bonds is 4. The Kier molecular flexibility index (Phi) is 4.95. The molecule has 8 nitrogen and oxygen atoms in total. The number of hydrogen-bond acceptors (Lipinski definition) is 7. The second-order valence-corrected chi connectivity index (χ2v) is 7.22. The summed E-state index contributed by atoms with van der Waals surface area (Å²) in [6.45, 7) is 4.47. The standard InChI is InChI=1S/C13H21NO7S/c1-6-4-10(7(2)20-6)22(18,19)14-5-9-12(16)13(17)11(15)8(3)21-9/h4,8-9,11-17H,5H2,1-3H3. The number of aliphatic hydroxyl groups is 3. The molecule has 5 unspecified atom stereocenters. The number of aliphatic hydroxyl groups excluding tert-OH is 3. The first-order chi connectivity index (χ1) is 10.1. The molecule has 0 spiro atoms. The summed E-state index contributed by atoms with van der Waals surface area (Å²) in [5.74, 6) is 0.734. The van der Waals surface area contributed by atoms with Crippen molar-refractivity contribution in [3.8, 4) is 0 Å². The molecule has 0 amide bonds. The molecule has 1 saturated heterocycles. The number of furan rings is 1. The van der Waals surface area contributed by atoms with Gasteiger partial charge in [-0.25, -0.2) is 13.1 Å². The summed E-state index contributed by atoms with van der Waals surface area (Å²) >= 11 is 0. The van der Waals surface area contributed by atoms with E-state index in [2.05, 4.69) is 4.72 Å². The van der Waals surface area contributed by atoms with Crippen LogP contribution < -0.4 is 4.72 Å². The SMILES string of the molecule is Cc1cc(S(=O)(=O)NCC2OC(C)C(O)C(O)C2O)c(C)o1. The minimum atomic E-state index is -3.82. The fourth-order valence-corrected chi connectivity index (χ4v) is 3.73. The van der Waals surface area contributed by atoms with E-state index in [1.165, 1.54) is 19.9 Å². The van der Waals surface area contributed by atoms with E-state index in [1.54, 1.807) is 6.92 Å². The Morgan fingerprint density at radius 2 is 1.82 bits per heavy atom. The van der Waals surface area contributed by atoms with E-state index in [4.69, 9.17) is 9.15 Å². The van der Waals surface area contributed by atoms with Gasteiger partial charge in [-0.1, -0.05) is 0 Å². The summed E-state index contributed by atoms with van der Waals surface area (Å²) in [5.41, 5.74) is 0. The molecule has 0 radical (unpaired) electrons. The number of sulfonamides is 1.